The van der Waals surface area contributed by atoms with Crippen molar-refractivity contribution in [3.63, 3.8) is 0 Å². The first-order valence-electron chi connectivity index (χ1n) is 8.57. The second-order valence-corrected chi connectivity index (χ2v) is 8.17. The van der Waals surface area contributed by atoms with Gasteiger partial charge in [-0.2, -0.15) is 4.31 Å². The third kappa shape index (κ3) is 4.28. The second kappa shape index (κ2) is 8.06. The molecule has 0 spiro atoms. The maximum Gasteiger partial charge on any atom is 0.243 e. The Balaban J connectivity index is 1.62. The number of ether oxygens (including phenoxy) is 1. The third-order valence-corrected chi connectivity index (χ3v) is 6.50. The number of carbonyl (C=O) groups excluding carboxylic acids is 1. The quantitative estimate of drug-likeness (QED) is 0.780. The summed E-state index contributed by atoms with van der Waals surface area (Å²) in [5.41, 5.74) is 0.343. The molecule has 3 rings (SSSR count). The maximum absolute atomic E-state index is 13.7. The van der Waals surface area contributed by atoms with Crippen molar-refractivity contribution in [2.75, 3.05) is 33.3 Å². The van der Waals surface area contributed by atoms with Crippen LogP contribution in [-0.2, 0) is 21.2 Å². The lowest BCUT2D eigenvalue weighted by atomic mass is 10.1. The second-order valence-electron chi connectivity index (χ2n) is 6.23. The number of rotatable bonds is 5. The average molecular weight is 392 g/mol. The van der Waals surface area contributed by atoms with E-state index >= 15 is 0 Å². The van der Waals surface area contributed by atoms with Crippen LogP contribution < -0.4 is 4.74 Å². The molecule has 0 N–H and O–H groups in total. The number of piperazine rings is 1. The Kier molecular flexibility index (Phi) is 5.76. The number of carbonyl (C=O) groups is 1. The number of nitrogens with zero attached hydrogens (tertiary/aromatic N) is 2. The molecule has 8 heteroatoms. The maximum atomic E-state index is 13.7. The summed E-state index contributed by atoms with van der Waals surface area (Å²) >= 11 is 0. The Morgan fingerprint density at radius 1 is 1.04 bits per heavy atom. The van der Waals surface area contributed by atoms with Gasteiger partial charge in [0.15, 0.2) is 0 Å². The molecule has 0 aliphatic carbocycles. The first-order chi connectivity index (χ1) is 12.9. The van der Waals surface area contributed by atoms with Gasteiger partial charge in [-0.25, -0.2) is 12.8 Å². The van der Waals surface area contributed by atoms with E-state index in [4.69, 9.17) is 4.74 Å². The highest BCUT2D eigenvalue weighted by Crippen LogP contribution is 2.21. The molecule has 27 heavy (non-hydrogen) atoms. The smallest absolute Gasteiger partial charge is 0.243 e. The molecule has 0 radical (unpaired) electrons. The Bertz CT molecular complexity index is 908. The lowest BCUT2D eigenvalue weighted by Gasteiger charge is -2.34. The van der Waals surface area contributed by atoms with Gasteiger partial charge in [0.25, 0.3) is 0 Å². The highest BCUT2D eigenvalue weighted by atomic mass is 32.2. The van der Waals surface area contributed by atoms with E-state index in [2.05, 4.69) is 0 Å². The summed E-state index contributed by atoms with van der Waals surface area (Å²) in [5.74, 6) is -0.0364. The van der Waals surface area contributed by atoms with Crippen LogP contribution in [0.3, 0.4) is 0 Å². The van der Waals surface area contributed by atoms with Crippen LogP contribution in [0.15, 0.2) is 53.4 Å². The van der Waals surface area contributed by atoms with Crippen molar-refractivity contribution in [3.05, 3.63) is 59.9 Å². The molecule has 2 aromatic rings. The van der Waals surface area contributed by atoms with Gasteiger partial charge in [-0.1, -0.05) is 18.2 Å². The van der Waals surface area contributed by atoms with Gasteiger partial charge in [0.1, 0.15) is 11.6 Å². The van der Waals surface area contributed by atoms with E-state index in [1.54, 1.807) is 35.2 Å². The summed E-state index contributed by atoms with van der Waals surface area (Å²) in [6, 6.07) is 12.4. The first-order valence-corrected chi connectivity index (χ1v) is 10.0. The number of halogens is 1. The van der Waals surface area contributed by atoms with E-state index in [0.717, 1.165) is 0 Å². The van der Waals surface area contributed by atoms with Crippen LogP contribution in [0.4, 0.5) is 4.39 Å². The highest BCUT2D eigenvalue weighted by molar-refractivity contribution is 7.89. The average Bonchev–Trinajstić information content (AvgIpc) is 2.70. The normalized spacial score (nSPS) is 15.6. The SMILES string of the molecule is COc1ccc(S(=O)(=O)N2CCN(C(=O)Cc3ccccc3F)CC2)cc1. The van der Waals surface area contributed by atoms with E-state index in [0.29, 0.717) is 11.3 Å². The molecular formula is C19H21FN2O4S. The van der Waals surface area contributed by atoms with Crippen LogP contribution in [0, 0.1) is 5.82 Å². The van der Waals surface area contributed by atoms with Crippen LogP contribution in [-0.4, -0.2) is 56.8 Å². The Hall–Kier alpha value is -2.45. The van der Waals surface area contributed by atoms with E-state index in [9.17, 15) is 17.6 Å². The molecule has 1 amide bonds. The molecule has 144 valence electrons. The van der Waals surface area contributed by atoms with Crippen molar-refractivity contribution in [2.45, 2.75) is 11.3 Å². The molecule has 2 aromatic carbocycles. The van der Waals surface area contributed by atoms with E-state index in [-0.39, 0.29) is 43.4 Å². The van der Waals surface area contributed by atoms with Gasteiger partial charge < -0.3 is 9.64 Å². The van der Waals surface area contributed by atoms with Gasteiger partial charge >= 0.3 is 0 Å². The molecule has 0 atom stereocenters. The van der Waals surface area contributed by atoms with Crippen LogP contribution in [0.25, 0.3) is 0 Å². The summed E-state index contributed by atoms with van der Waals surface area (Å²) in [7, 11) is -2.11. The molecule has 1 aliphatic rings. The number of hydrogen-bond donors (Lipinski definition) is 0. The van der Waals surface area contributed by atoms with Crippen LogP contribution in [0.5, 0.6) is 5.75 Å². The lowest BCUT2D eigenvalue weighted by Crippen LogP contribution is -2.50. The minimum atomic E-state index is -3.62. The third-order valence-electron chi connectivity index (χ3n) is 4.59. The van der Waals surface area contributed by atoms with Crippen molar-refractivity contribution in [3.8, 4) is 5.75 Å². The monoisotopic (exact) mass is 392 g/mol. The van der Waals surface area contributed by atoms with Crippen molar-refractivity contribution in [1.82, 2.24) is 9.21 Å². The number of hydrogen-bond acceptors (Lipinski definition) is 4. The van der Waals surface area contributed by atoms with Crippen molar-refractivity contribution in [2.24, 2.45) is 0 Å². The fourth-order valence-corrected chi connectivity index (χ4v) is 4.41. The molecular weight excluding hydrogens is 371 g/mol. The van der Waals surface area contributed by atoms with Crippen molar-refractivity contribution in [1.29, 1.82) is 0 Å². The summed E-state index contributed by atoms with van der Waals surface area (Å²) in [5, 5.41) is 0. The predicted octanol–water partition coefficient (Wildman–Crippen LogP) is 1.91. The minimum Gasteiger partial charge on any atom is -0.497 e. The Morgan fingerprint density at radius 3 is 2.26 bits per heavy atom. The minimum absolute atomic E-state index is 0.0299. The molecule has 1 saturated heterocycles. The Morgan fingerprint density at radius 2 is 1.67 bits per heavy atom. The number of benzene rings is 2. The molecule has 0 bridgehead atoms. The summed E-state index contributed by atoms with van der Waals surface area (Å²) in [6.45, 7) is 0.972. The zero-order chi connectivity index (χ0) is 19.4. The van der Waals surface area contributed by atoms with E-state index in [1.165, 1.54) is 29.6 Å². The van der Waals surface area contributed by atoms with Gasteiger partial charge in [-0.05, 0) is 35.9 Å². The first kappa shape index (κ1) is 19.3. The van der Waals surface area contributed by atoms with Gasteiger partial charge in [-0.3, -0.25) is 4.79 Å². The van der Waals surface area contributed by atoms with E-state index < -0.39 is 15.8 Å². The molecule has 6 nitrogen and oxygen atoms in total. The molecule has 0 unspecified atom stereocenters. The topological polar surface area (TPSA) is 66.9 Å². The summed E-state index contributed by atoms with van der Waals surface area (Å²) < 4.78 is 45.6. The van der Waals surface area contributed by atoms with Gasteiger partial charge in [-0.15, -0.1) is 0 Å². The zero-order valence-electron chi connectivity index (χ0n) is 15.0. The molecule has 0 aromatic heterocycles. The van der Waals surface area contributed by atoms with Crippen molar-refractivity contribution >= 4 is 15.9 Å². The fraction of sp³-hybridized carbons (Fsp3) is 0.316. The standard InChI is InChI=1S/C19H21FN2O4S/c1-26-16-6-8-17(9-7-16)27(24,25)22-12-10-21(11-13-22)19(23)14-15-4-2-3-5-18(15)20/h2-9H,10-14H2,1H3. The molecule has 1 heterocycles. The number of amides is 1. The highest BCUT2D eigenvalue weighted by Gasteiger charge is 2.30. The fourth-order valence-electron chi connectivity index (χ4n) is 2.99. The predicted molar refractivity (Wildman–Crippen MR) is 98.4 cm³/mol. The van der Waals surface area contributed by atoms with Gasteiger partial charge in [0.2, 0.25) is 15.9 Å². The largest absolute Gasteiger partial charge is 0.497 e. The zero-order valence-corrected chi connectivity index (χ0v) is 15.8. The lowest BCUT2D eigenvalue weighted by molar-refractivity contribution is -0.131. The molecule has 1 fully saturated rings. The van der Waals surface area contributed by atoms with Crippen LogP contribution >= 0.6 is 0 Å². The van der Waals surface area contributed by atoms with Gasteiger partial charge in [0.05, 0.1) is 18.4 Å². The summed E-state index contributed by atoms with van der Waals surface area (Å²) in [6.07, 6.45) is -0.0299. The van der Waals surface area contributed by atoms with Crippen LogP contribution in [0.2, 0.25) is 0 Å². The van der Waals surface area contributed by atoms with E-state index in [1.807, 2.05) is 0 Å². The number of sulfonamides is 1. The van der Waals surface area contributed by atoms with Crippen molar-refractivity contribution < 1.29 is 22.3 Å². The Labute approximate surface area is 158 Å². The molecule has 0 saturated carbocycles. The number of methoxy groups -OCH3 is 1. The summed E-state index contributed by atoms with van der Waals surface area (Å²) in [4.78, 5) is 14.2. The van der Waals surface area contributed by atoms with Gasteiger partial charge in [0, 0.05) is 26.2 Å². The van der Waals surface area contributed by atoms with Crippen LogP contribution in [0.1, 0.15) is 5.56 Å². The molecule has 1 aliphatic heterocycles.